The highest BCUT2D eigenvalue weighted by atomic mass is 32.1. The predicted octanol–water partition coefficient (Wildman–Crippen LogP) is 4.28. The number of benzene rings is 1. The van der Waals surface area contributed by atoms with Crippen LogP contribution in [0.5, 0.6) is 0 Å². The molecule has 2 N–H and O–H groups in total. The fourth-order valence-corrected chi connectivity index (χ4v) is 5.82. The van der Waals surface area contributed by atoms with Gasteiger partial charge in [0.15, 0.2) is 16.6 Å². The van der Waals surface area contributed by atoms with Crippen molar-refractivity contribution in [1.29, 1.82) is 0 Å². The molecule has 0 unspecified atom stereocenters. The van der Waals surface area contributed by atoms with E-state index in [0.29, 0.717) is 18.1 Å². The lowest BCUT2D eigenvalue weighted by atomic mass is 9.87. The predicted molar refractivity (Wildman–Crippen MR) is 132 cm³/mol. The van der Waals surface area contributed by atoms with E-state index in [-0.39, 0.29) is 5.91 Å². The Morgan fingerprint density at radius 1 is 1.06 bits per heavy atom. The van der Waals surface area contributed by atoms with Crippen LogP contribution in [0.25, 0.3) is 21.3 Å². The lowest BCUT2D eigenvalue weighted by Gasteiger charge is -2.35. The molecular formula is C24H27N7OS. The summed E-state index contributed by atoms with van der Waals surface area (Å²) < 4.78 is 3.31. The Kier molecular flexibility index (Phi) is 5.13. The monoisotopic (exact) mass is 461 g/mol. The number of aromatic nitrogens is 4. The van der Waals surface area contributed by atoms with Gasteiger partial charge in [-0.1, -0.05) is 23.5 Å². The molecule has 170 valence electrons. The van der Waals surface area contributed by atoms with Crippen molar-refractivity contribution in [3.8, 4) is 0 Å². The van der Waals surface area contributed by atoms with Gasteiger partial charge in [-0.05, 0) is 49.9 Å². The second-order valence-corrected chi connectivity index (χ2v) is 10.1. The summed E-state index contributed by atoms with van der Waals surface area (Å²) in [7, 11) is 0. The number of amides is 1. The lowest BCUT2D eigenvalue weighted by molar-refractivity contribution is -0.129. The summed E-state index contributed by atoms with van der Waals surface area (Å²) in [5.74, 6) is 1.06. The van der Waals surface area contributed by atoms with Crippen molar-refractivity contribution in [2.24, 2.45) is 0 Å². The highest BCUT2D eigenvalue weighted by molar-refractivity contribution is 7.22. The van der Waals surface area contributed by atoms with Gasteiger partial charge >= 0.3 is 0 Å². The van der Waals surface area contributed by atoms with Crippen molar-refractivity contribution in [3.05, 3.63) is 42.6 Å². The van der Waals surface area contributed by atoms with Crippen molar-refractivity contribution in [2.75, 3.05) is 23.7 Å². The van der Waals surface area contributed by atoms with Gasteiger partial charge in [-0.2, -0.15) is 5.10 Å². The number of thiazole rings is 1. The molecule has 4 heterocycles. The van der Waals surface area contributed by atoms with Gasteiger partial charge in [-0.25, -0.2) is 14.6 Å². The zero-order chi connectivity index (χ0) is 22.4. The van der Waals surface area contributed by atoms with Gasteiger partial charge in [0.25, 0.3) is 0 Å². The Morgan fingerprint density at radius 3 is 2.67 bits per heavy atom. The third-order valence-corrected chi connectivity index (χ3v) is 7.80. The molecule has 3 aromatic heterocycles. The molecule has 0 spiro atoms. The van der Waals surface area contributed by atoms with Gasteiger partial charge in [-0.3, -0.25) is 4.79 Å². The molecule has 2 fully saturated rings. The lowest BCUT2D eigenvalue weighted by Crippen LogP contribution is -2.41. The maximum absolute atomic E-state index is 11.6. The van der Waals surface area contributed by atoms with E-state index in [1.165, 1.54) is 4.70 Å². The largest absolute Gasteiger partial charge is 0.365 e. The SMILES string of the molecule is CC(=O)N1CCC(Nc2nn(C3CC(Nc4nc5ccccc5s4)C3)c3ncccc23)CC1. The fraction of sp³-hybridized carbons (Fsp3) is 0.417. The topological polar surface area (TPSA) is 88.0 Å². The van der Waals surface area contributed by atoms with Crippen molar-refractivity contribution in [2.45, 2.75) is 50.7 Å². The first-order valence-corrected chi connectivity index (χ1v) is 12.4. The highest BCUT2D eigenvalue weighted by Gasteiger charge is 2.34. The number of likely N-dealkylation sites (tertiary alicyclic amines) is 1. The standard InChI is InChI=1S/C24H27N7OS/c1-15(32)30-11-8-16(9-12-30)26-22-19-5-4-10-25-23(19)31(29-22)18-13-17(14-18)27-24-28-20-6-2-3-7-21(20)33-24/h2-7,10,16-18H,8-9,11-14H2,1H3,(H,26,29)(H,27,28). The third-order valence-electron chi connectivity index (χ3n) is 6.83. The summed E-state index contributed by atoms with van der Waals surface area (Å²) >= 11 is 1.71. The number of hydrogen-bond acceptors (Lipinski definition) is 7. The number of nitrogens with zero attached hydrogens (tertiary/aromatic N) is 5. The first kappa shape index (κ1) is 20.4. The fourth-order valence-electron chi connectivity index (χ4n) is 4.88. The van der Waals surface area contributed by atoms with E-state index in [1.54, 1.807) is 18.3 Å². The molecule has 0 bridgehead atoms. The Balaban J connectivity index is 1.14. The summed E-state index contributed by atoms with van der Waals surface area (Å²) in [5, 5.41) is 14.2. The van der Waals surface area contributed by atoms with Crippen LogP contribution in [-0.4, -0.2) is 55.7 Å². The number of carbonyl (C=O) groups is 1. The summed E-state index contributed by atoms with van der Waals surface area (Å²) in [6.07, 6.45) is 5.71. The van der Waals surface area contributed by atoms with Gasteiger partial charge in [0, 0.05) is 38.3 Å². The molecule has 33 heavy (non-hydrogen) atoms. The number of anilines is 2. The van der Waals surface area contributed by atoms with E-state index in [1.807, 2.05) is 23.2 Å². The summed E-state index contributed by atoms with van der Waals surface area (Å²) in [5.41, 5.74) is 1.98. The van der Waals surface area contributed by atoms with E-state index in [0.717, 1.165) is 66.3 Å². The molecule has 0 radical (unpaired) electrons. The van der Waals surface area contributed by atoms with E-state index in [4.69, 9.17) is 10.1 Å². The minimum atomic E-state index is 0.159. The quantitative estimate of drug-likeness (QED) is 0.461. The van der Waals surface area contributed by atoms with Crippen LogP contribution in [-0.2, 0) is 4.79 Å². The molecule has 8 nitrogen and oxygen atoms in total. The maximum Gasteiger partial charge on any atom is 0.219 e. The van der Waals surface area contributed by atoms with Gasteiger partial charge in [0.05, 0.1) is 21.6 Å². The molecule has 4 aromatic rings. The number of hydrogen-bond donors (Lipinski definition) is 2. The number of piperidine rings is 1. The second kappa shape index (κ2) is 8.30. The zero-order valence-electron chi connectivity index (χ0n) is 18.6. The molecule has 1 amide bonds. The number of pyridine rings is 1. The summed E-state index contributed by atoms with van der Waals surface area (Å²) in [4.78, 5) is 22.9. The van der Waals surface area contributed by atoms with Crippen LogP contribution in [0, 0.1) is 0 Å². The van der Waals surface area contributed by atoms with Gasteiger partial charge in [0.1, 0.15) is 0 Å². The molecule has 1 saturated carbocycles. The van der Waals surface area contributed by atoms with Crippen LogP contribution in [0.2, 0.25) is 0 Å². The molecule has 9 heteroatoms. The molecule has 6 rings (SSSR count). The Morgan fingerprint density at radius 2 is 1.88 bits per heavy atom. The van der Waals surface area contributed by atoms with Gasteiger partial charge in [-0.15, -0.1) is 0 Å². The molecule has 1 aliphatic heterocycles. The van der Waals surface area contributed by atoms with Crippen LogP contribution in [0.1, 0.15) is 38.6 Å². The van der Waals surface area contributed by atoms with Crippen molar-refractivity contribution < 1.29 is 4.79 Å². The van der Waals surface area contributed by atoms with Crippen LogP contribution in [0.3, 0.4) is 0 Å². The molecule has 1 aromatic carbocycles. The minimum Gasteiger partial charge on any atom is -0.365 e. The number of nitrogens with one attached hydrogen (secondary N) is 2. The summed E-state index contributed by atoms with van der Waals surface area (Å²) in [6, 6.07) is 13.3. The second-order valence-electron chi connectivity index (χ2n) is 9.05. The average molecular weight is 462 g/mol. The first-order valence-electron chi connectivity index (χ1n) is 11.6. The number of para-hydroxylation sites is 1. The highest BCUT2D eigenvalue weighted by Crippen LogP contribution is 2.38. The maximum atomic E-state index is 11.6. The zero-order valence-corrected chi connectivity index (χ0v) is 19.4. The van der Waals surface area contributed by atoms with E-state index in [9.17, 15) is 4.79 Å². The first-order chi connectivity index (χ1) is 16.1. The van der Waals surface area contributed by atoms with Gasteiger partial charge < -0.3 is 15.5 Å². The van der Waals surface area contributed by atoms with E-state index < -0.39 is 0 Å². The van der Waals surface area contributed by atoms with Crippen LogP contribution in [0.4, 0.5) is 10.9 Å². The number of fused-ring (bicyclic) bond motifs is 2. The average Bonchev–Trinajstić information content (AvgIpc) is 3.37. The molecule has 1 saturated heterocycles. The smallest absolute Gasteiger partial charge is 0.219 e. The Bertz CT molecular complexity index is 1270. The molecule has 1 aliphatic carbocycles. The molecule has 2 aliphatic rings. The Hall–Kier alpha value is -3.20. The van der Waals surface area contributed by atoms with E-state index in [2.05, 4.69) is 44.6 Å². The van der Waals surface area contributed by atoms with Crippen molar-refractivity contribution in [3.63, 3.8) is 0 Å². The number of carbonyl (C=O) groups excluding carboxylic acids is 1. The normalized spacial score (nSPS) is 21.3. The van der Waals surface area contributed by atoms with Crippen molar-refractivity contribution in [1.82, 2.24) is 24.6 Å². The van der Waals surface area contributed by atoms with Crippen molar-refractivity contribution >= 4 is 49.4 Å². The Labute approximate surface area is 196 Å². The summed E-state index contributed by atoms with van der Waals surface area (Å²) in [6.45, 7) is 3.24. The molecule has 0 atom stereocenters. The van der Waals surface area contributed by atoms with Crippen LogP contribution in [0.15, 0.2) is 42.6 Å². The minimum absolute atomic E-state index is 0.159. The van der Waals surface area contributed by atoms with Gasteiger partial charge in [0.2, 0.25) is 5.91 Å². The van der Waals surface area contributed by atoms with E-state index >= 15 is 0 Å². The van der Waals surface area contributed by atoms with Crippen LogP contribution >= 0.6 is 11.3 Å². The number of rotatable bonds is 5. The molecular weight excluding hydrogens is 434 g/mol. The van der Waals surface area contributed by atoms with Crippen LogP contribution < -0.4 is 10.6 Å². The third kappa shape index (κ3) is 3.90.